The fourth-order valence-corrected chi connectivity index (χ4v) is 2.07. The molecule has 4 heteroatoms. The third kappa shape index (κ3) is 5.41. The second kappa shape index (κ2) is 8.67. The lowest BCUT2D eigenvalue weighted by molar-refractivity contribution is 0.0695. The standard InChI is InChI=1S/C15H24N2O2/c1-3-17(4-2)11-7-10-16-12-13-8-5-6-9-14(13)15(18)19/h5-6,8-9,16H,3-4,7,10-12H2,1-2H3,(H,18,19). The summed E-state index contributed by atoms with van der Waals surface area (Å²) < 4.78 is 0. The van der Waals surface area contributed by atoms with Gasteiger partial charge in [0, 0.05) is 6.54 Å². The molecule has 0 saturated heterocycles. The molecule has 1 rings (SSSR count). The van der Waals surface area contributed by atoms with Gasteiger partial charge in [-0.3, -0.25) is 0 Å². The van der Waals surface area contributed by atoms with Crippen LogP contribution in [-0.4, -0.2) is 42.2 Å². The Labute approximate surface area is 115 Å². The maximum absolute atomic E-state index is 11.0. The van der Waals surface area contributed by atoms with Gasteiger partial charge >= 0.3 is 5.97 Å². The van der Waals surface area contributed by atoms with Crippen molar-refractivity contribution in [3.8, 4) is 0 Å². The lowest BCUT2D eigenvalue weighted by Gasteiger charge is -2.17. The fraction of sp³-hybridized carbons (Fsp3) is 0.533. The number of carboxylic acids is 1. The summed E-state index contributed by atoms with van der Waals surface area (Å²) in [5.74, 6) is -0.861. The number of rotatable bonds is 9. The van der Waals surface area contributed by atoms with Gasteiger partial charge in [0.2, 0.25) is 0 Å². The minimum Gasteiger partial charge on any atom is -0.478 e. The molecule has 2 N–H and O–H groups in total. The number of aromatic carboxylic acids is 1. The number of carboxylic acid groups (broad SMARTS) is 1. The number of hydrogen-bond donors (Lipinski definition) is 2. The number of nitrogens with zero attached hydrogens (tertiary/aromatic N) is 1. The fourth-order valence-electron chi connectivity index (χ4n) is 2.07. The second-order valence-electron chi connectivity index (χ2n) is 4.52. The minimum atomic E-state index is -0.861. The molecule has 0 aliphatic heterocycles. The quantitative estimate of drug-likeness (QED) is 0.671. The highest BCUT2D eigenvalue weighted by atomic mass is 16.4. The number of benzene rings is 1. The molecule has 1 aromatic rings. The van der Waals surface area contributed by atoms with Gasteiger partial charge in [0.1, 0.15) is 0 Å². The van der Waals surface area contributed by atoms with Crippen LogP contribution in [-0.2, 0) is 6.54 Å². The largest absolute Gasteiger partial charge is 0.478 e. The van der Waals surface area contributed by atoms with Gasteiger partial charge in [-0.15, -0.1) is 0 Å². The van der Waals surface area contributed by atoms with E-state index in [0.29, 0.717) is 12.1 Å². The number of hydrogen-bond acceptors (Lipinski definition) is 3. The van der Waals surface area contributed by atoms with E-state index in [9.17, 15) is 4.79 Å². The summed E-state index contributed by atoms with van der Waals surface area (Å²) in [7, 11) is 0. The zero-order valence-corrected chi connectivity index (χ0v) is 11.9. The number of nitrogens with one attached hydrogen (secondary N) is 1. The molecule has 0 aromatic heterocycles. The van der Waals surface area contributed by atoms with Crippen molar-refractivity contribution in [1.82, 2.24) is 10.2 Å². The van der Waals surface area contributed by atoms with Crippen molar-refractivity contribution >= 4 is 5.97 Å². The molecule has 4 nitrogen and oxygen atoms in total. The summed E-state index contributed by atoms with van der Waals surface area (Å²) in [6.07, 6.45) is 1.08. The van der Waals surface area contributed by atoms with E-state index in [1.54, 1.807) is 12.1 Å². The van der Waals surface area contributed by atoms with Gasteiger partial charge in [0.25, 0.3) is 0 Å². The van der Waals surface area contributed by atoms with Crippen molar-refractivity contribution < 1.29 is 9.90 Å². The molecule has 19 heavy (non-hydrogen) atoms. The average Bonchev–Trinajstić information content (AvgIpc) is 2.43. The van der Waals surface area contributed by atoms with Crippen LogP contribution in [0.15, 0.2) is 24.3 Å². The molecule has 0 unspecified atom stereocenters. The van der Waals surface area contributed by atoms with Gasteiger partial charge < -0.3 is 15.3 Å². The van der Waals surface area contributed by atoms with Gasteiger partial charge in [-0.25, -0.2) is 4.79 Å². The zero-order valence-electron chi connectivity index (χ0n) is 11.9. The molecule has 0 atom stereocenters. The Morgan fingerprint density at radius 3 is 2.58 bits per heavy atom. The van der Waals surface area contributed by atoms with Gasteiger partial charge in [-0.05, 0) is 44.2 Å². The molecular formula is C15H24N2O2. The summed E-state index contributed by atoms with van der Waals surface area (Å²) in [5.41, 5.74) is 1.23. The van der Waals surface area contributed by atoms with E-state index in [2.05, 4.69) is 24.1 Å². The van der Waals surface area contributed by atoms with Gasteiger partial charge in [-0.1, -0.05) is 32.0 Å². The van der Waals surface area contributed by atoms with Crippen LogP contribution in [0.1, 0.15) is 36.2 Å². The minimum absolute atomic E-state index is 0.388. The lowest BCUT2D eigenvalue weighted by atomic mass is 10.1. The van der Waals surface area contributed by atoms with Crippen LogP contribution < -0.4 is 5.32 Å². The predicted molar refractivity (Wildman–Crippen MR) is 77.5 cm³/mol. The molecule has 0 aliphatic carbocycles. The summed E-state index contributed by atoms with van der Waals surface area (Å²) in [6.45, 7) is 9.10. The van der Waals surface area contributed by atoms with Crippen molar-refractivity contribution in [2.24, 2.45) is 0 Å². The topological polar surface area (TPSA) is 52.6 Å². The Bertz CT molecular complexity index is 389. The lowest BCUT2D eigenvalue weighted by Crippen LogP contribution is -2.27. The SMILES string of the molecule is CCN(CC)CCCNCc1ccccc1C(=O)O. The molecule has 0 amide bonds. The van der Waals surface area contributed by atoms with Gasteiger partial charge in [0.15, 0.2) is 0 Å². The van der Waals surface area contributed by atoms with Crippen molar-refractivity contribution in [2.45, 2.75) is 26.8 Å². The van der Waals surface area contributed by atoms with Crippen molar-refractivity contribution in [1.29, 1.82) is 0 Å². The van der Waals surface area contributed by atoms with E-state index >= 15 is 0 Å². The predicted octanol–water partition coefficient (Wildman–Crippen LogP) is 2.21. The molecule has 0 radical (unpaired) electrons. The Morgan fingerprint density at radius 2 is 1.95 bits per heavy atom. The molecular weight excluding hydrogens is 240 g/mol. The highest BCUT2D eigenvalue weighted by Gasteiger charge is 2.07. The van der Waals surface area contributed by atoms with E-state index < -0.39 is 5.97 Å². The van der Waals surface area contributed by atoms with Crippen LogP contribution in [0.25, 0.3) is 0 Å². The third-order valence-electron chi connectivity index (χ3n) is 3.29. The highest BCUT2D eigenvalue weighted by molar-refractivity contribution is 5.89. The summed E-state index contributed by atoms with van der Waals surface area (Å²) in [6, 6.07) is 7.14. The molecule has 0 heterocycles. The second-order valence-corrected chi connectivity index (χ2v) is 4.52. The first-order valence-corrected chi connectivity index (χ1v) is 6.93. The molecule has 1 aromatic carbocycles. The van der Waals surface area contributed by atoms with Crippen molar-refractivity contribution in [2.75, 3.05) is 26.2 Å². The Morgan fingerprint density at radius 1 is 1.26 bits per heavy atom. The summed E-state index contributed by atoms with van der Waals surface area (Å²) in [5, 5.41) is 12.4. The normalized spacial score (nSPS) is 10.9. The van der Waals surface area contributed by atoms with E-state index in [1.807, 2.05) is 12.1 Å². The highest BCUT2D eigenvalue weighted by Crippen LogP contribution is 2.08. The van der Waals surface area contributed by atoms with Crippen LogP contribution in [0, 0.1) is 0 Å². The summed E-state index contributed by atoms with van der Waals surface area (Å²) in [4.78, 5) is 13.4. The molecule has 0 bridgehead atoms. The van der Waals surface area contributed by atoms with E-state index in [4.69, 9.17) is 5.11 Å². The first-order chi connectivity index (χ1) is 9.19. The smallest absolute Gasteiger partial charge is 0.336 e. The van der Waals surface area contributed by atoms with Gasteiger partial charge in [0.05, 0.1) is 5.56 Å². The van der Waals surface area contributed by atoms with Gasteiger partial charge in [-0.2, -0.15) is 0 Å². The van der Waals surface area contributed by atoms with Crippen molar-refractivity contribution in [3.05, 3.63) is 35.4 Å². The Hall–Kier alpha value is -1.39. The van der Waals surface area contributed by atoms with E-state index in [-0.39, 0.29) is 0 Å². The number of carbonyl (C=O) groups is 1. The third-order valence-corrected chi connectivity index (χ3v) is 3.29. The van der Waals surface area contributed by atoms with Crippen LogP contribution in [0.5, 0.6) is 0 Å². The maximum Gasteiger partial charge on any atom is 0.336 e. The maximum atomic E-state index is 11.0. The molecule has 106 valence electrons. The van der Waals surface area contributed by atoms with Crippen molar-refractivity contribution in [3.63, 3.8) is 0 Å². The van der Waals surface area contributed by atoms with Crippen LogP contribution >= 0.6 is 0 Å². The molecule has 0 fully saturated rings. The summed E-state index contributed by atoms with van der Waals surface area (Å²) >= 11 is 0. The first kappa shape index (κ1) is 15.7. The average molecular weight is 264 g/mol. The van der Waals surface area contributed by atoms with Crippen LogP contribution in [0.3, 0.4) is 0 Å². The monoisotopic (exact) mass is 264 g/mol. The molecule has 0 saturated carbocycles. The molecule has 0 aliphatic rings. The Kier molecular flexibility index (Phi) is 7.15. The van der Waals surface area contributed by atoms with Crippen LogP contribution in [0.2, 0.25) is 0 Å². The van der Waals surface area contributed by atoms with E-state index in [0.717, 1.165) is 38.2 Å². The first-order valence-electron chi connectivity index (χ1n) is 6.93. The van der Waals surface area contributed by atoms with E-state index in [1.165, 1.54) is 0 Å². The molecule has 0 spiro atoms. The van der Waals surface area contributed by atoms with Crippen LogP contribution in [0.4, 0.5) is 0 Å². The Balaban J connectivity index is 2.32. The zero-order chi connectivity index (χ0) is 14.1.